The van der Waals surface area contributed by atoms with Gasteiger partial charge in [-0.2, -0.15) is 0 Å². The van der Waals surface area contributed by atoms with Crippen molar-refractivity contribution in [3.8, 4) is 11.8 Å². The zero-order valence-corrected chi connectivity index (χ0v) is 19.8. The van der Waals surface area contributed by atoms with Crippen molar-refractivity contribution in [3.63, 3.8) is 0 Å². The zero-order chi connectivity index (χ0) is 21.5. The highest BCUT2D eigenvalue weighted by Crippen LogP contribution is 2.37. The number of rotatable bonds is 7. The minimum absolute atomic E-state index is 0.00203. The van der Waals surface area contributed by atoms with E-state index in [2.05, 4.69) is 100 Å². The first-order valence-electron chi connectivity index (χ1n) is 10.7. The Kier molecular flexibility index (Phi) is 8.28. The lowest BCUT2D eigenvalue weighted by atomic mass is 9.94. The molecule has 0 unspecified atom stereocenters. The topological polar surface area (TPSA) is 29.5 Å². The molecule has 29 heavy (non-hydrogen) atoms. The molecule has 0 radical (unpaired) electrons. The van der Waals surface area contributed by atoms with Crippen LogP contribution in [-0.2, 0) is 4.43 Å². The third-order valence-corrected chi connectivity index (χ3v) is 10.6. The molecule has 0 saturated carbocycles. The molecule has 0 amide bonds. The Labute approximate surface area is 178 Å². The Morgan fingerprint density at radius 1 is 0.931 bits per heavy atom. The number of aliphatic hydroxyl groups excluding tert-OH is 1. The molecule has 3 heteroatoms. The molecule has 0 fully saturated rings. The van der Waals surface area contributed by atoms with E-state index in [1.807, 2.05) is 13.8 Å². The minimum atomic E-state index is -2.57. The highest BCUT2D eigenvalue weighted by molar-refractivity contribution is 6.99. The van der Waals surface area contributed by atoms with Crippen molar-refractivity contribution in [1.82, 2.24) is 0 Å². The van der Waals surface area contributed by atoms with E-state index >= 15 is 0 Å². The van der Waals surface area contributed by atoms with Gasteiger partial charge in [0, 0.05) is 24.9 Å². The van der Waals surface area contributed by atoms with Crippen LogP contribution in [0.3, 0.4) is 0 Å². The van der Waals surface area contributed by atoms with Crippen LogP contribution in [0.5, 0.6) is 0 Å². The largest absolute Gasteiger partial charge is 0.407 e. The van der Waals surface area contributed by atoms with Gasteiger partial charge in [0.05, 0.1) is 6.10 Å². The van der Waals surface area contributed by atoms with E-state index in [1.165, 1.54) is 10.4 Å². The molecule has 1 N–H and O–H groups in total. The van der Waals surface area contributed by atoms with E-state index in [9.17, 15) is 5.11 Å². The van der Waals surface area contributed by atoms with Crippen LogP contribution in [-0.4, -0.2) is 26.1 Å². The zero-order valence-electron chi connectivity index (χ0n) is 18.8. The van der Waals surface area contributed by atoms with E-state index in [-0.39, 0.29) is 16.9 Å². The van der Waals surface area contributed by atoms with Crippen molar-refractivity contribution in [2.75, 3.05) is 6.61 Å². The second-order valence-electron chi connectivity index (χ2n) is 8.91. The lowest BCUT2D eigenvalue weighted by Crippen LogP contribution is -2.67. The molecule has 2 aromatic rings. The molecule has 0 spiro atoms. The molecule has 156 valence electrons. The van der Waals surface area contributed by atoms with Gasteiger partial charge >= 0.3 is 0 Å². The van der Waals surface area contributed by atoms with Crippen LogP contribution in [0.25, 0.3) is 0 Å². The van der Waals surface area contributed by atoms with Crippen molar-refractivity contribution in [2.45, 2.75) is 59.1 Å². The van der Waals surface area contributed by atoms with Crippen LogP contribution in [0.1, 0.15) is 48.0 Å². The average Bonchev–Trinajstić information content (AvgIpc) is 2.72. The smallest absolute Gasteiger partial charge is 0.261 e. The second kappa shape index (κ2) is 10.3. The number of aliphatic hydroxyl groups is 1. The molecule has 2 rings (SSSR count). The fourth-order valence-electron chi connectivity index (χ4n) is 3.96. The van der Waals surface area contributed by atoms with Crippen LogP contribution >= 0.6 is 0 Å². The van der Waals surface area contributed by atoms with Gasteiger partial charge in [0.15, 0.2) is 0 Å². The molecule has 0 aliphatic rings. The quantitative estimate of drug-likeness (QED) is 0.535. The predicted molar refractivity (Wildman–Crippen MR) is 126 cm³/mol. The minimum Gasteiger partial charge on any atom is -0.407 e. The molecule has 0 heterocycles. The summed E-state index contributed by atoms with van der Waals surface area (Å²) in [5.74, 6) is 6.19. The predicted octanol–water partition coefficient (Wildman–Crippen LogP) is 4.61. The number of hydrogen-bond acceptors (Lipinski definition) is 2. The summed E-state index contributed by atoms with van der Waals surface area (Å²) in [7, 11) is -2.57. The van der Waals surface area contributed by atoms with Crippen molar-refractivity contribution >= 4 is 18.7 Å². The Bertz CT molecular complexity index is 760. The fourth-order valence-corrected chi connectivity index (χ4v) is 8.63. The molecule has 0 aromatic heterocycles. The van der Waals surface area contributed by atoms with Crippen LogP contribution in [0.15, 0.2) is 60.7 Å². The first kappa shape index (κ1) is 23.4. The summed E-state index contributed by atoms with van der Waals surface area (Å²) in [6.45, 7) is 13.4. The van der Waals surface area contributed by atoms with E-state index in [1.54, 1.807) is 0 Å². The van der Waals surface area contributed by atoms with Gasteiger partial charge in [0.2, 0.25) is 0 Å². The van der Waals surface area contributed by atoms with Gasteiger partial charge in [-0.1, -0.05) is 101 Å². The van der Waals surface area contributed by atoms with E-state index in [0.29, 0.717) is 6.61 Å². The Morgan fingerprint density at radius 2 is 1.41 bits per heavy atom. The summed E-state index contributed by atoms with van der Waals surface area (Å²) < 4.78 is 6.93. The normalized spacial score (nSPS) is 15.1. The maximum atomic E-state index is 10.8. The molecule has 0 bridgehead atoms. The molecular weight excluding hydrogens is 372 g/mol. The number of benzene rings is 2. The van der Waals surface area contributed by atoms with Crippen molar-refractivity contribution in [1.29, 1.82) is 0 Å². The Hall–Kier alpha value is -1.86. The maximum absolute atomic E-state index is 10.8. The monoisotopic (exact) mass is 408 g/mol. The lowest BCUT2D eigenvalue weighted by Gasteiger charge is -2.44. The molecule has 0 saturated heterocycles. The maximum Gasteiger partial charge on any atom is 0.261 e. The highest BCUT2D eigenvalue weighted by atomic mass is 28.4. The molecule has 0 aliphatic carbocycles. The van der Waals surface area contributed by atoms with Crippen molar-refractivity contribution in [3.05, 3.63) is 60.7 Å². The summed E-state index contributed by atoms with van der Waals surface area (Å²) in [6.07, 6.45) is 0.302. The van der Waals surface area contributed by atoms with Crippen LogP contribution < -0.4 is 10.4 Å². The standard InChI is InChI=1S/C26H36O2Si/c1-7-8-15-21(2)25(27)22(3)20-28-29(26(4,5)6,23-16-11-9-12-17-23)24-18-13-10-14-19-24/h9-14,16-19,21-22,25,27H,7,20H2,1-6H3/t21-,22-,25-/m0/s1. The van der Waals surface area contributed by atoms with Crippen molar-refractivity contribution in [2.24, 2.45) is 11.8 Å². The van der Waals surface area contributed by atoms with Crippen LogP contribution in [0.2, 0.25) is 5.04 Å². The van der Waals surface area contributed by atoms with Gasteiger partial charge in [-0.15, -0.1) is 5.92 Å². The Morgan fingerprint density at radius 3 is 1.83 bits per heavy atom. The average molecular weight is 409 g/mol. The van der Waals surface area contributed by atoms with Gasteiger partial charge in [0.1, 0.15) is 0 Å². The molecule has 3 atom stereocenters. The van der Waals surface area contributed by atoms with Crippen LogP contribution in [0.4, 0.5) is 0 Å². The third-order valence-electron chi connectivity index (χ3n) is 5.58. The van der Waals surface area contributed by atoms with Crippen molar-refractivity contribution < 1.29 is 9.53 Å². The number of hydrogen-bond donors (Lipinski definition) is 1. The lowest BCUT2D eigenvalue weighted by molar-refractivity contribution is 0.0576. The summed E-state index contributed by atoms with van der Waals surface area (Å²) in [5.41, 5.74) is 0. The van der Waals surface area contributed by atoms with Gasteiger partial charge in [0.25, 0.3) is 8.32 Å². The van der Waals surface area contributed by atoms with E-state index < -0.39 is 14.4 Å². The van der Waals surface area contributed by atoms with Crippen LogP contribution in [0, 0.1) is 23.7 Å². The van der Waals surface area contributed by atoms with E-state index in [4.69, 9.17) is 4.43 Å². The summed E-state index contributed by atoms with van der Waals surface area (Å²) in [4.78, 5) is 0. The van der Waals surface area contributed by atoms with Gasteiger partial charge in [-0.05, 0) is 22.3 Å². The molecule has 0 aliphatic heterocycles. The van der Waals surface area contributed by atoms with Gasteiger partial charge in [-0.25, -0.2) is 0 Å². The SMILES string of the molecule is CCC#C[C@H](C)[C@H](O)[C@@H](C)CO[Si](c1ccccc1)(c1ccccc1)C(C)(C)C. The molecule has 2 aromatic carbocycles. The fraction of sp³-hybridized carbons (Fsp3) is 0.462. The Balaban J connectivity index is 2.41. The summed E-state index contributed by atoms with van der Waals surface area (Å²) in [5, 5.41) is 13.3. The molecule has 2 nitrogen and oxygen atoms in total. The van der Waals surface area contributed by atoms with E-state index in [0.717, 1.165) is 6.42 Å². The first-order valence-corrected chi connectivity index (χ1v) is 12.6. The van der Waals surface area contributed by atoms with Gasteiger partial charge < -0.3 is 9.53 Å². The summed E-state index contributed by atoms with van der Waals surface area (Å²) >= 11 is 0. The van der Waals surface area contributed by atoms with Gasteiger partial charge in [-0.3, -0.25) is 0 Å². The first-order chi connectivity index (χ1) is 13.7. The summed E-state index contributed by atoms with van der Waals surface area (Å²) in [6, 6.07) is 21.3. The molecular formula is C26H36O2Si. The third kappa shape index (κ3) is 5.39. The highest BCUT2D eigenvalue weighted by Gasteiger charge is 2.50. The second-order valence-corrected chi connectivity index (χ2v) is 13.2.